The van der Waals surface area contributed by atoms with Gasteiger partial charge in [-0.2, -0.15) is 0 Å². The van der Waals surface area contributed by atoms with Crippen LogP contribution in [0.15, 0.2) is 24.7 Å². The Kier molecular flexibility index (Phi) is 5.12. The molecule has 3 aromatic rings. The highest BCUT2D eigenvalue weighted by molar-refractivity contribution is 6.31. The van der Waals surface area contributed by atoms with Gasteiger partial charge in [0.25, 0.3) is 0 Å². The maximum Gasteiger partial charge on any atom is 0.311 e. The third kappa shape index (κ3) is 3.42. The van der Waals surface area contributed by atoms with E-state index in [0.29, 0.717) is 41.3 Å². The fourth-order valence-electron chi connectivity index (χ4n) is 4.21. The topological polar surface area (TPSA) is 104 Å². The molecule has 1 aliphatic rings. The number of aliphatic carboxylic acids is 1. The Hall–Kier alpha value is -2.74. The van der Waals surface area contributed by atoms with Gasteiger partial charge in [-0.05, 0) is 25.3 Å². The van der Waals surface area contributed by atoms with Crippen molar-refractivity contribution in [2.24, 2.45) is 5.41 Å². The van der Waals surface area contributed by atoms with Crippen molar-refractivity contribution in [1.29, 1.82) is 0 Å². The number of H-pyrrole nitrogens is 1. The number of nitrogens with one attached hydrogen (secondary N) is 2. The Balaban J connectivity index is 1.72. The zero-order valence-electron chi connectivity index (χ0n) is 15.9. The number of hydrogen-bond acceptors (Lipinski definition) is 5. The Bertz CT molecular complexity index is 1070. The molecule has 1 saturated carbocycles. The highest BCUT2D eigenvalue weighted by Gasteiger charge is 2.46. The van der Waals surface area contributed by atoms with E-state index in [1.807, 2.05) is 6.92 Å². The average molecular weight is 418 g/mol. The van der Waals surface area contributed by atoms with E-state index in [4.69, 9.17) is 11.6 Å². The van der Waals surface area contributed by atoms with E-state index in [1.54, 1.807) is 12.3 Å². The van der Waals surface area contributed by atoms with Crippen LogP contribution in [0, 0.1) is 11.2 Å². The molecule has 152 valence electrons. The lowest BCUT2D eigenvalue weighted by molar-refractivity contribution is -0.152. The van der Waals surface area contributed by atoms with Crippen molar-refractivity contribution in [2.45, 2.75) is 45.1 Å². The second-order valence-corrected chi connectivity index (χ2v) is 7.84. The zero-order valence-corrected chi connectivity index (χ0v) is 16.6. The van der Waals surface area contributed by atoms with E-state index >= 15 is 0 Å². The molecule has 3 N–H and O–H groups in total. The van der Waals surface area contributed by atoms with Crippen molar-refractivity contribution < 1.29 is 14.3 Å². The molecule has 29 heavy (non-hydrogen) atoms. The number of carbonyl (C=O) groups is 1. The van der Waals surface area contributed by atoms with Gasteiger partial charge in [0.2, 0.25) is 0 Å². The number of hydrogen-bond donors (Lipinski definition) is 3. The van der Waals surface area contributed by atoms with E-state index in [0.717, 1.165) is 24.4 Å². The molecule has 3 aromatic heterocycles. The van der Waals surface area contributed by atoms with Crippen LogP contribution in [0.2, 0.25) is 5.02 Å². The van der Waals surface area contributed by atoms with Crippen LogP contribution >= 0.6 is 11.6 Å². The minimum Gasteiger partial charge on any atom is -0.481 e. The number of carboxylic acid groups (broad SMARTS) is 1. The van der Waals surface area contributed by atoms with Crippen LogP contribution in [0.4, 0.5) is 10.2 Å². The van der Waals surface area contributed by atoms with Gasteiger partial charge in [0.05, 0.1) is 16.6 Å². The molecule has 0 bridgehead atoms. The van der Waals surface area contributed by atoms with Gasteiger partial charge in [-0.25, -0.2) is 19.3 Å². The molecule has 7 nitrogen and oxygen atoms in total. The summed E-state index contributed by atoms with van der Waals surface area (Å²) in [7, 11) is 0. The maximum atomic E-state index is 14.5. The summed E-state index contributed by atoms with van der Waals surface area (Å²) >= 11 is 6.05. The molecule has 4 rings (SSSR count). The van der Waals surface area contributed by atoms with Crippen LogP contribution in [0.25, 0.3) is 22.4 Å². The van der Waals surface area contributed by atoms with E-state index in [-0.39, 0.29) is 5.82 Å². The summed E-state index contributed by atoms with van der Waals surface area (Å²) in [6.07, 6.45) is 7.72. The van der Waals surface area contributed by atoms with Crippen LogP contribution in [0.1, 0.15) is 39.0 Å². The molecule has 9 heteroatoms. The Morgan fingerprint density at radius 2 is 2.24 bits per heavy atom. The molecule has 0 radical (unpaired) electrons. The lowest BCUT2D eigenvalue weighted by atomic mass is 9.68. The Morgan fingerprint density at radius 3 is 3.00 bits per heavy atom. The second kappa shape index (κ2) is 7.59. The van der Waals surface area contributed by atoms with Gasteiger partial charge in [0.15, 0.2) is 17.5 Å². The SMILES string of the molecule is CC[C@@]1(C(=O)O)CCCC[C@@H]1Nc1nc(-c2c[nH]c3ncc(Cl)cc23)ncc1F. The van der Waals surface area contributed by atoms with E-state index in [9.17, 15) is 14.3 Å². The number of aromatic nitrogens is 4. The molecule has 0 aliphatic heterocycles. The predicted molar refractivity (Wildman–Crippen MR) is 108 cm³/mol. The monoisotopic (exact) mass is 417 g/mol. The molecule has 0 unspecified atom stereocenters. The summed E-state index contributed by atoms with van der Waals surface area (Å²) in [4.78, 5) is 27.8. The van der Waals surface area contributed by atoms with Gasteiger partial charge in [0, 0.05) is 29.4 Å². The van der Waals surface area contributed by atoms with Crippen molar-refractivity contribution >= 4 is 34.4 Å². The van der Waals surface area contributed by atoms with E-state index < -0.39 is 23.2 Å². The quantitative estimate of drug-likeness (QED) is 0.558. The highest BCUT2D eigenvalue weighted by Crippen LogP contribution is 2.41. The van der Waals surface area contributed by atoms with Crippen LogP contribution in [0.3, 0.4) is 0 Å². The second-order valence-electron chi connectivity index (χ2n) is 7.40. The van der Waals surface area contributed by atoms with Crippen LogP contribution < -0.4 is 5.32 Å². The number of aromatic amines is 1. The molecular weight excluding hydrogens is 397 g/mol. The van der Waals surface area contributed by atoms with Gasteiger partial charge in [-0.15, -0.1) is 0 Å². The maximum absolute atomic E-state index is 14.5. The third-order valence-electron chi connectivity index (χ3n) is 5.88. The van der Waals surface area contributed by atoms with Crippen LogP contribution in [-0.2, 0) is 4.79 Å². The summed E-state index contributed by atoms with van der Waals surface area (Å²) < 4.78 is 14.5. The van der Waals surface area contributed by atoms with Gasteiger partial charge >= 0.3 is 5.97 Å². The van der Waals surface area contributed by atoms with E-state index in [1.165, 1.54) is 6.20 Å². The predicted octanol–water partition coefficient (Wildman–Crippen LogP) is 4.65. The number of carboxylic acids is 1. The number of anilines is 1. The zero-order chi connectivity index (χ0) is 20.6. The van der Waals surface area contributed by atoms with Crippen molar-refractivity contribution in [3.63, 3.8) is 0 Å². The summed E-state index contributed by atoms with van der Waals surface area (Å²) in [6, 6.07) is 1.33. The molecule has 3 heterocycles. The number of rotatable bonds is 5. The van der Waals surface area contributed by atoms with Gasteiger partial charge in [0.1, 0.15) is 5.65 Å². The molecule has 0 spiro atoms. The standard InChI is InChI=1S/C20H21ClFN5O2/c1-2-20(19(28)29)6-4-3-5-15(20)26-18-14(22)10-25-17(27-18)13-9-24-16-12(13)7-11(21)8-23-16/h7-10,15H,2-6H2,1H3,(H,23,24)(H,28,29)(H,25,26,27)/t15-,20+/m0/s1. The normalized spacial score (nSPS) is 22.0. The lowest BCUT2D eigenvalue weighted by Gasteiger charge is -2.40. The number of halogens is 2. The summed E-state index contributed by atoms with van der Waals surface area (Å²) in [5.74, 6) is -1.17. The van der Waals surface area contributed by atoms with Crippen LogP contribution in [-0.4, -0.2) is 37.1 Å². The highest BCUT2D eigenvalue weighted by atomic mass is 35.5. The largest absolute Gasteiger partial charge is 0.481 e. The van der Waals surface area contributed by atoms with Crippen LogP contribution in [0.5, 0.6) is 0 Å². The van der Waals surface area contributed by atoms with Crippen molar-refractivity contribution in [1.82, 2.24) is 19.9 Å². The molecule has 1 aliphatic carbocycles. The van der Waals surface area contributed by atoms with Crippen molar-refractivity contribution in [3.05, 3.63) is 35.5 Å². The Labute approximate surface area is 171 Å². The number of fused-ring (bicyclic) bond motifs is 1. The van der Waals surface area contributed by atoms with Gasteiger partial charge < -0.3 is 15.4 Å². The Morgan fingerprint density at radius 1 is 1.41 bits per heavy atom. The van der Waals surface area contributed by atoms with Crippen molar-refractivity contribution in [3.8, 4) is 11.4 Å². The molecular formula is C20H21ClFN5O2. The summed E-state index contributed by atoms with van der Waals surface area (Å²) in [5.41, 5.74) is 0.324. The number of nitrogens with zero attached hydrogens (tertiary/aromatic N) is 3. The van der Waals surface area contributed by atoms with Gasteiger partial charge in [-0.3, -0.25) is 4.79 Å². The average Bonchev–Trinajstić information content (AvgIpc) is 3.13. The molecule has 0 aromatic carbocycles. The molecule has 0 amide bonds. The molecule has 0 saturated heterocycles. The minimum atomic E-state index is -0.936. The first-order chi connectivity index (χ1) is 13.9. The van der Waals surface area contributed by atoms with Gasteiger partial charge in [-0.1, -0.05) is 31.4 Å². The first-order valence-corrected chi connectivity index (χ1v) is 9.98. The minimum absolute atomic E-state index is 0.00492. The smallest absolute Gasteiger partial charge is 0.311 e. The molecule has 2 atom stereocenters. The fraction of sp³-hybridized carbons (Fsp3) is 0.400. The first-order valence-electron chi connectivity index (χ1n) is 9.60. The first kappa shape index (κ1) is 19.6. The molecule has 1 fully saturated rings. The summed E-state index contributed by atoms with van der Waals surface area (Å²) in [6.45, 7) is 1.86. The fourth-order valence-corrected chi connectivity index (χ4v) is 4.36. The van der Waals surface area contributed by atoms with E-state index in [2.05, 4.69) is 25.3 Å². The number of pyridine rings is 1. The summed E-state index contributed by atoms with van der Waals surface area (Å²) in [5, 5.41) is 14.1. The third-order valence-corrected chi connectivity index (χ3v) is 6.09. The van der Waals surface area contributed by atoms with Crippen molar-refractivity contribution in [2.75, 3.05) is 5.32 Å². The lowest BCUT2D eigenvalue weighted by Crippen LogP contribution is -2.48.